The lowest BCUT2D eigenvalue weighted by atomic mass is 9.80. The summed E-state index contributed by atoms with van der Waals surface area (Å²) < 4.78 is 0. The zero-order valence-corrected chi connectivity index (χ0v) is 23.6. The Morgan fingerprint density at radius 3 is 2.67 bits per heavy atom. The van der Waals surface area contributed by atoms with E-state index in [-0.39, 0.29) is 18.9 Å². The van der Waals surface area contributed by atoms with Gasteiger partial charge >= 0.3 is 5.97 Å². The quantitative estimate of drug-likeness (QED) is 0.395. The van der Waals surface area contributed by atoms with Crippen molar-refractivity contribution in [2.75, 3.05) is 38.5 Å². The molecule has 0 saturated carbocycles. The SMILES string of the molecule is Cc1cc(-c2cnc3c(n2)C(C)(c2ccc(C(=O)N(C)C[C@H](C)O)cc2)CN3)cc2c1CN(CCC(=O)O)CC2. The minimum atomic E-state index is -0.765. The number of carboxylic acid groups (broad SMARTS) is 1. The van der Waals surface area contributed by atoms with Gasteiger partial charge < -0.3 is 20.4 Å². The van der Waals surface area contributed by atoms with Gasteiger partial charge in [-0.2, -0.15) is 0 Å². The Labute approximate surface area is 234 Å². The molecule has 0 saturated heterocycles. The maximum absolute atomic E-state index is 12.8. The van der Waals surface area contributed by atoms with E-state index in [1.165, 1.54) is 21.6 Å². The fraction of sp³-hybridized carbons (Fsp3) is 0.419. The summed E-state index contributed by atoms with van der Waals surface area (Å²) in [6.45, 7) is 9.01. The Kier molecular flexibility index (Phi) is 7.61. The molecule has 0 spiro atoms. The highest BCUT2D eigenvalue weighted by Crippen LogP contribution is 2.40. The molecular formula is C31H37N5O4. The number of likely N-dealkylation sites (N-methyl/N-ethyl adjacent to an activating group) is 1. The normalized spacial score (nSPS) is 18.9. The highest BCUT2D eigenvalue weighted by atomic mass is 16.4. The van der Waals surface area contributed by atoms with Crippen molar-refractivity contribution in [1.82, 2.24) is 19.8 Å². The van der Waals surface area contributed by atoms with Crippen LogP contribution in [0.4, 0.5) is 5.82 Å². The molecule has 3 aromatic rings. The Morgan fingerprint density at radius 2 is 1.98 bits per heavy atom. The zero-order valence-electron chi connectivity index (χ0n) is 23.6. The Hall–Kier alpha value is -3.82. The molecular weight excluding hydrogens is 506 g/mol. The van der Waals surface area contributed by atoms with Crippen LogP contribution >= 0.6 is 0 Å². The van der Waals surface area contributed by atoms with E-state index in [1.54, 1.807) is 14.0 Å². The fourth-order valence-electron chi connectivity index (χ4n) is 5.82. The van der Waals surface area contributed by atoms with Crippen molar-refractivity contribution in [2.24, 2.45) is 0 Å². The van der Waals surface area contributed by atoms with E-state index in [4.69, 9.17) is 15.1 Å². The highest BCUT2D eigenvalue weighted by Gasteiger charge is 2.39. The Bertz CT molecular complexity index is 1440. The van der Waals surface area contributed by atoms with E-state index < -0.39 is 17.5 Å². The molecule has 2 aliphatic rings. The molecule has 1 amide bonds. The van der Waals surface area contributed by atoms with Gasteiger partial charge in [0.25, 0.3) is 5.91 Å². The second-order valence-electron chi connectivity index (χ2n) is 11.4. The standard InChI is InChI=1S/C31H37N5O4/c1-19-13-23(14-22-9-11-36(17-25(19)22)12-10-27(38)39)26-15-32-29-28(34-26)31(3,18-33-29)24-7-5-21(6-8-24)30(40)35(4)16-20(2)37/h5-8,13-15,20,37H,9-12,16-18H2,1-4H3,(H,32,33)(H,38,39)/t20-,31?/m0/s1. The molecule has 40 heavy (non-hydrogen) atoms. The van der Waals surface area contributed by atoms with Crippen LogP contribution in [0.5, 0.6) is 0 Å². The van der Waals surface area contributed by atoms with Crippen LogP contribution in [0.2, 0.25) is 0 Å². The van der Waals surface area contributed by atoms with Gasteiger partial charge in [0.2, 0.25) is 0 Å². The Morgan fingerprint density at radius 1 is 1.23 bits per heavy atom. The molecule has 3 heterocycles. The molecule has 9 nitrogen and oxygen atoms in total. The number of aliphatic carboxylic acids is 1. The summed E-state index contributed by atoms with van der Waals surface area (Å²) in [5.74, 6) is -0.122. The van der Waals surface area contributed by atoms with Crippen LogP contribution in [0, 0.1) is 6.92 Å². The van der Waals surface area contributed by atoms with Gasteiger partial charge in [-0.3, -0.25) is 14.5 Å². The molecule has 2 atom stereocenters. The number of rotatable bonds is 8. The number of anilines is 1. The van der Waals surface area contributed by atoms with Crippen molar-refractivity contribution in [1.29, 1.82) is 0 Å². The molecule has 210 valence electrons. The van der Waals surface area contributed by atoms with Crippen LogP contribution < -0.4 is 5.32 Å². The molecule has 2 aromatic carbocycles. The number of benzene rings is 2. The molecule has 3 N–H and O–H groups in total. The van der Waals surface area contributed by atoms with Crippen molar-refractivity contribution < 1.29 is 19.8 Å². The number of nitrogens with one attached hydrogen (secondary N) is 1. The van der Waals surface area contributed by atoms with Gasteiger partial charge in [0.05, 0.1) is 35.5 Å². The number of aryl methyl sites for hydroxylation is 1. The second-order valence-corrected chi connectivity index (χ2v) is 11.4. The number of fused-ring (bicyclic) bond motifs is 2. The molecule has 2 aliphatic heterocycles. The molecule has 9 heteroatoms. The predicted octanol–water partition coefficient (Wildman–Crippen LogP) is 3.47. The van der Waals surface area contributed by atoms with Gasteiger partial charge in [0.15, 0.2) is 0 Å². The van der Waals surface area contributed by atoms with Gasteiger partial charge in [-0.15, -0.1) is 0 Å². The van der Waals surface area contributed by atoms with Crippen molar-refractivity contribution in [3.8, 4) is 11.3 Å². The Balaban J connectivity index is 1.40. The number of hydrogen-bond donors (Lipinski definition) is 3. The predicted molar refractivity (Wildman–Crippen MR) is 153 cm³/mol. The molecule has 1 unspecified atom stereocenters. The van der Waals surface area contributed by atoms with E-state index >= 15 is 0 Å². The molecule has 0 aliphatic carbocycles. The van der Waals surface area contributed by atoms with Crippen molar-refractivity contribution in [3.05, 3.63) is 76.1 Å². The highest BCUT2D eigenvalue weighted by molar-refractivity contribution is 5.94. The third-order valence-electron chi connectivity index (χ3n) is 8.14. The van der Waals surface area contributed by atoms with Crippen LogP contribution in [0.15, 0.2) is 42.6 Å². The summed E-state index contributed by atoms with van der Waals surface area (Å²) in [4.78, 5) is 37.3. The largest absolute Gasteiger partial charge is 0.481 e. The lowest BCUT2D eigenvalue weighted by molar-refractivity contribution is -0.137. The number of aromatic nitrogens is 2. The number of carboxylic acids is 1. The van der Waals surface area contributed by atoms with Gasteiger partial charge in [0, 0.05) is 50.9 Å². The maximum atomic E-state index is 12.8. The number of hydrogen-bond acceptors (Lipinski definition) is 7. The van der Waals surface area contributed by atoms with Gasteiger partial charge in [0.1, 0.15) is 5.82 Å². The van der Waals surface area contributed by atoms with E-state index in [1.807, 2.05) is 30.5 Å². The molecule has 1 aromatic heterocycles. The summed E-state index contributed by atoms with van der Waals surface area (Å²) in [5.41, 5.74) is 7.67. The van der Waals surface area contributed by atoms with Crippen LogP contribution in [0.1, 0.15) is 58.6 Å². The number of carbonyl (C=O) groups excluding carboxylic acids is 1. The molecule has 0 fully saturated rings. The zero-order chi connectivity index (χ0) is 28.6. The summed E-state index contributed by atoms with van der Waals surface area (Å²) in [5, 5.41) is 22.1. The summed E-state index contributed by atoms with van der Waals surface area (Å²) in [6, 6.07) is 12.0. The molecule has 0 radical (unpaired) electrons. The van der Waals surface area contributed by atoms with E-state index in [9.17, 15) is 14.7 Å². The third kappa shape index (κ3) is 5.44. The first kappa shape index (κ1) is 27.7. The van der Waals surface area contributed by atoms with E-state index in [0.717, 1.165) is 47.8 Å². The number of aliphatic hydroxyl groups excluding tert-OH is 1. The summed E-state index contributed by atoms with van der Waals surface area (Å²) in [6.07, 6.45) is 2.26. The molecule has 0 bridgehead atoms. The average Bonchev–Trinajstić information content (AvgIpc) is 3.28. The van der Waals surface area contributed by atoms with Gasteiger partial charge in [-0.05, 0) is 73.7 Å². The van der Waals surface area contributed by atoms with Crippen LogP contribution in [-0.4, -0.2) is 81.2 Å². The topological polar surface area (TPSA) is 119 Å². The van der Waals surface area contributed by atoms with Crippen molar-refractivity contribution in [2.45, 2.75) is 51.7 Å². The average molecular weight is 544 g/mol. The van der Waals surface area contributed by atoms with E-state index in [2.05, 4.69) is 36.2 Å². The summed E-state index contributed by atoms with van der Waals surface area (Å²) in [7, 11) is 1.69. The van der Waals surface area contributed by atoms with Crippen LogP contribution in [0.25, 0.3) is 11.3 Å². The number of aliphatic hydroxyl groups is 1. The molecule has 5 rings (SSSR count). The second kappa shape index (κ2) is 11.0. The number of amides is 1. The minimum absolute atomic E-state index is 0.127. The van der Waals surface area contributed by atoms with Gasteiger partial charge in [-0.1, -0.05) is 12.1 Å². The monoisotopic (exact) mass is 543 g/mol. The lowest BCUT2D eigenvalue weighted by Crippen LogP contribution is -2.33. The van der Waals surface area contributed by atoms with Crippen LogP contribution in [0.3, 0.4) is 0 Å². The first-order valence-electron chi connectivity index (χ1n) is 13.8. The first-order valence-corrected chi connectivity index (χ1v) is 13.8. The summed E-state index contributed by atoms with van der Waals surface area (Å²) >= 11 is 0. The fourth-order valence-corrected chi connectivity index (χ4v) is 5.82. The lowest BCUT2D eigenvalue weighted by Gasteiger charge is -2.30. The first-order chi connectivity index (χ1) is 19.0. The van der Waals surface area contributed by atoms with Crippen molar-refractivity contribution in [3.63, 3.8) is 0 Å². The number of nitrogens with zero attached hydrogens (tertiary/aromatic N) is 4. The number of carbonyl (C=O) groups is 2. The third-order valence-corrected chi connectivity index (χ3v) is 8.14. The smallest absolute Gasteiger partial charge is 0.304 e. The minimum Gasteiger partial charge on any atom is -0.481 e. The van der Waals surface area contributed by atoms with Crippen LogP contribution in [-0.2, 0) is 23.2 Å². The van der Waals surface area contributed by atoms with E-state index in [0.29, 0.717) is 18.7 Å². The van der Waals surface area contributed by atoms with Gasteiger partial charge in [-0.25, -0.2) is 9.97 Å². The maximum Gasteiger partial charge on any atom is 0.304 e. The van der Waals surface area contributed by atoms with Crippen molar-refractivity contribution >= 4 is 17.7 Å².